The molecular weight excluding hydrogens is 364 g/mol. The van der Waals surface area contributed by atoms with E-state index >= 15 is 0 Å². The minimum Gasteiger partial charge on any atom is -0.366 e. The van der Waals surface area contributed by atoms with Crippen LogP contribution in [0, 0.1) is 0 Å². The van der Waals surface area contributed by atoms with E-state index in [1.54, 1.807) is 0 Å². The van der Waals surface area contributed by atoms with Crippen LogP contribution in [-0.2, 0) is 29.3 Å². The van der Waals surface area contributed by atoms with Crippen LogP contribution in [0.3, 0.4) is 0 Å². The molecule has 0 saturated heterocycles. The number of nitrogens with two attached hydrogens (primary N) is 1. The van der Waals surface area contributed by atoms with Crippen LogP contribution in [0.2, 0.25) is 0 Å². The maximum Gasteiger partial charge on any atom is 0.267 e. The normalized spacial score (nSPS) is 10.5. The maximum atomic E-state index is 10.8. The summed E-state index contributed by atoms with van der Waals surface area (Å²) < 4.78 is 29.5. The van der Waals surface area contributed by atoms with Crippen molar-refractivity contribution in [1.29, 1.82) is 0 Å². The number of Topliss-reactive ketones (excluding diaryl/α,β-unsaturated/α-hetero) is 2. The first-order chi connectivity index (χ1) is 11.5. The zero-order valence-electron chi connectivity index (χ0n) is 15.7. The Labute approximate surface area is 154 Å². The van der Waals surface area contributed by atoms with E-state index in [9.17, 15) is 27.6 Å². The Morgan fingerprint density at radius 3 is 1.85 bits per heavy atom. The fraction of sp³-hybridized carbons (Fsp3) is 0.500. The molecule has 0 aromatic carbocycles. The summed E-state index contributed by atoms with van der Waals surface area (Å²) in [6, 6.07) is 0. The fourth-order valence-electron chi connectivity index (χ4n) is 1.22. The Bertz CT molecular complexity index is 631. The second-order valence-corrected chi connectivity index (χ2v) is 7.38. The van der Waals surface area contributed by atoms with Crippen LogP contribution >= 0.6 is 0 Å². The Kier molecular flexibility index (Phi) is 15.2. The molecule has 0 saturated carbocycles. The number of carbonyl (C=O) groups excluding carboxylic acids is 4. The molecule has 0 aliphatic rings. The fourth-order valence-corrected chi connectivity index (χ4v) is 2.20. The molecule has 0 heterocycles. The first kappa shape index (κ1) is 28.5. The van der Waals surface area contributed by atoms with Crippen molar-refractivity contribution in [2.75, 3.05) is 5.75 Å². The van der Waals surface area contributed by atoms with Crippen LogP contribution in [0.1, 0.15) is 41.0 Å². The van der Waals surface area contributed by atoms with Crippen LogP contribution < -0.4 is 11.1 Å². The number of amides is 2. The van der Waals surface area contributed by atoms with Gasteiger partial charge in [0.25, 0.3) is 10.1 Å². The van der Waals surface area contributed by atoms with E-state index in [-0.39, 0.29) is 18.0 Å². The number of primary amides is 1. The van der Waals surface area contributed by atoms with Crippen molar-refractivity contribution in [3.05, 3.63) is 24.8 Å². The summed E-state index contributed by atoms with van der Waals surface area (Å²) >= 11 is 0. The van der Waals surface area contributed by atoms with Crippen LogP contribution in [0.5, 0.6) is 0 Å². The van der Waals surface area contributed by atoms with Gasteiger partial charge in [0.15, 0.2) is 0 Å². The lowest BCUT2D eigenvalue weighted by Gasteiger charge is -2.23. The molecule has 4 N–H and O–H groups in total. The van der Waals surface area contributed by atoms with E-state index in [1.807, 2.05) is 0 Å². The number of hydrogen-bond acceptors (Lipinski definition) is 6. The maximum absolute atomic E-state index is 10.8. The van der Waals surface area contributed by atoms with Gasteiger partial charge >= 0.3 is 0 Å². The molecule has 2 amide bonds. The van der Waals surface area contributed by atoms with Crippen molar-refractivity contribution in [3.8, 4) is 0 Å². The van der Waals surface area contributed by atoms with Gasteiger partial charge in [0.05, 0.1) is 11.3 Å². The topological polar surface area (TPSA) is 161 Å². The SMILES string of the molecule is C=CC(=O)NC(C)(C)CS(=O)(=O)O.CC(=O)CC=CC(N)=O.CC(C)=O. The van der Waals surface area contributed by atoms with Gasteiger partial charge in [-0.25, -0.2) is 0 Å². The van der Waals surface area contributed by atoms with Crippen LogP contribution in [0.4, 0.5) is 0 Å². The number of hydrogen-bond donors (Lipinski definition) is 3. The predicted molar refractivity (Wildman–Crippen MR) is 98.8 cm³/mol. The van der Waals surface area contributed by atoms with E-state index in [1.165, 1.54) is 46.8 Å². The molecule has 0 unspecified atom stereocenters. The molecule has 10 heteroatoms. The lowest BCUT2D eigenvalue weighted by molar-refractivity contribution is -0.118. The molecule has 150 valence electrons. The number of allylic oxidation sites excluding steroid dienone is 1. The molecule has 0 aromatic heterocycles. The summed E-state index contributed by atoms with van der Waals surface area (Å²) in [4.78, 5) is 40.5. The number of carbonyl (C=O) groups is 4. The summed E-state index contributed by atoms with van der Waals surface area (Å²) in [6.45, 7) is 10.7. The minimum absolute atomic E-state index is 0.0208. The zero-order chi connectivity index (χ0) is 21.6. The van der Waals surface area contributed by atoms with Crippen molar-refractivity contribution >= 4 is 33.5 Å². The van der Waals surface area contributed by atoms with Gasteiger partial charge in [-0.3, -0.25) is 18.9 Å². The molecule has 0 bridgehead atoms. The summed E-state index contributed by atoms with van der Waals surface area (Å²) in [5.41, 5.74) is 3.74. The number of nitrogens with one attached hydrogen (secondary N) is 1. The van der Waals surface area contributed by atoms with Crippen molar-refractivity contribution in [1.82, 2.24) is 5.32 Å². The highest BCUT2D eigenvalue weighted by Gasteiger charge is 2.25. The van der Waals surface area contributed by atoms with Gasteiger partial charge in [-0.1, -0.05) is 12.7 Å². The molecular formula is C16H28N2O7S. The highest BCUT2D eigenvalue weighted by atomic mass is 32.2. The van der Waals surface area contributed by atoms with E-state index in [0.29, 0.717) is 0 Å². The minimum atomic E-state index is -4.08. The molecule has 0 aliphatic heterocycles. The molecule has 0 rings (SSSR count). The third kappa shape index (κ3) is 33.3. The molecule has 0 fully saturated rings. The summed E-state index contributed by atoms with van der Waals surface area (Å²) in [5.74, 6) is -1.34. The van der Waals surface area contributed by atoms with Gasteiger partial charge in [0.1, 0.15) is 11.6 Å². The molecule has 26 heavy (non-hydrogen) atoms. The Morgan fingerprint density at radius 1 is 1.15 bits per heavy atom. The predicted octanol–water partition coefficient (Wildman–Crippen LogP) is 0.557. The molecule has 0 aliphatic carbocycles. The first-order valence-corrected chi connectivity index (χ1v) is 8.95. The van der Waals surface area contributed by atoms with Crippen LogP contribution in [0.25, 0.3) is 0 Å². The average molecular weight is 392 g/mol. The lowest BCUT2D eigenvalue weighted by atomic mass is 10.1. The summed E-state index contributed by atoms with van der Waals surface area (Å²) in [5, 5.41) is 2.37. The second kappa shape index (κ2) is 13.9. The Morgan fingerprint density at radius 2 is 1.58 bits per heavy atom. The third-order valence-corrected chi connectivity index (χ3v) is 2.96. The van der Waals surface area contributed by atoms with Gasteiger partial charge in [-0.2, -0.15) is 8.42 Å². The Balaban J connectivity index is -0.000000352. The Hall–Kier alpha value is -2.33. The quantitative estimate of drug-likeness (QED) is 0.421. The zero-order valence-corrected chi connectivity index (χ0v) is 16.6. The van der Waals surface area contributed by atoms with Crippen molar-refractivity contribution in [2.45, 2.75) is 46.6 Å². The highest BCUT2D eigenvalue weighted by Crippen LogP contribution is 2.05. The van der Waals surface area contributed by atoms with E-state index < -0.39 is 33.2 Å². The number of ketones is 2. The van der Waals surface area contributed by atoms with E-state index in [0.717, 1.165) is 6.08 Å². The summed E-state index contributed by atoms with van der Waals surface area (Å²) in [7, 11) is -4.08. The molecule has 0 radical (unpaired) electrons. The third-order valence-electron chi connectivity index (χ3n) is 1.88. The number of rotatable bonds is 7. The molecule has 0 spiro atoms. The van der Waals surface area contributed by atoms with Crippen molar-refractivity contribution in [3.63, 3.8) is 0 Å². The molecule has 0 aromatic rings. The standard InChI is InChI=1S/C7H13NO4S.C6H9NO2.C3H6O/c1-4-6(9)8-7(2,3)5-13(10,11)12;1-5(8)3-2-4-6(7)9;1-3(2)4/h4H,1,5H2,2-3H3,(H,8,9)(H,10,11,12);2,4H,3H2,1H3,(H2,7,9);1-2H3. The van der Waals surface area contributed by atoms with Gasteiger partial charge in [-0.15, -0.1) is 0 Å². The average Bonchev–Trinajstić information content (AvgIpc) is 2.33. The van der Waals surface area contributed by atoms with Gasteiger partial charge in [-0.05, 0) is 46.8 Å². The lowest BCUT2D eigenvalue weighted by Crippen LogP contribution is -2.47. The van der Waals surface area contributed by atoms with Crippen molar-refractivity contribution < 1.29 is 32.1 Å². The largest absolute Gasteiger partial charge is 0.366 e. The second-order valence-electron chi connectivity index (χ2n) is 5.92. The van der Waals surface area contributed by atoms with E-state index in [2.05, 4.69) is 11.9 Å². The van der Waals surface area contributed by atoms with Gasteiger partial charge in [0, 0.05) is 6.42 Å². The van der Waals surface area contributed by atoms with Crippen LogP contribution in [0.15, 0.2) is 24.8 Å². The van der Waals surface area contributed by atoms with Gasteiger partial charge in [0.2, 0.25) is 11.8 Å². The smallest absolute Gasteiger partial charge is 0.267 e. The molecule has 9 nitrogen and oxygen atoms in total. The monoisotopic (exact) mass is 392 g/mol. The first-order valence-electron chi connectivity index (χ1n) is 7.34. The van der Waals surface area contributed by atoms with Gasteiger partial charge < -0.3 is 15.8 Å². The highest BCUT2D eigenvalue weighted by molar-refractivity contribution is 7.85. The summed E-state index contributed by atoms with van der Waals surface area (Å²) in [6.07, 6.45) is 3.95. The van der Waals surface area contributed by atoms with Crippen LogP contribution in [-0.4, -0.2) is 47.6 Å². The van der Waals surface area contributed by atoms with E-state index in [4.69, 9.17) is 10.3 Å². The molecule has 0 atom stereocenters. The van der Waals surface area contributed by atoms with Crippen molar-refractivity contribution in [2.24, 2.45) is 5.73 Å².